The van der Waals surface area contributed by atoms with Gasteiger partial charge in [-0.3, -0.25) is 0 Å². The van der Waals surface area contributed by atoms with Crippen LogP contribution in [-0.2, 0) is 15.9 Å². The molecule has 0 unspecified atom stereocenters. The molecule has 0 atom stereocenters. The van der Waals surface area contributed by atoms with Gasteiger partial charge in [0.05, 0.1) is 4.90 Å². The second-order valence-electron chi connectivity index (χ2n) is 5.85. The lowest BCUT2D eigenvalue weighted by Crippen LogP contribution is -2.39. The number of rotatable bonds is 5. The monoisotopic (exact) mass is 329 g/mol. The maximum Gasteiger partial charge on any atom is 0.243 e. The molecule has 1 aromatic rings. The highest BCUT2D eigenvalue weighted by molar-refractivity contribution is 7.89. The van der Waals surface area contributed by atoms with Gasteiger partial charge in [-0.25, -0.2) is 8.42 Å². The first kappa shape index (κ1) is 16.8. The Morgan fingerprint density at radius 3 is 2.38 bits per heavy atom. The van der Waals surface area contributed by atoms with E-state index in [1.165, 1.54) is 6.42 Å². The number of hydrogen-bond donors (Lipinski definition) is 0. The van der Waals surface area contributed by atoms with E-state index >= 15 is 0 Å². The average molecular weight is 330 g/mol. The summed E-state index contributed by atoms with van der Waals surface area (Å²) in [5.41, 5.74) is 0.674. The van der Waals surface area contributed by atoms with E-state index in [1.807, 2.05) is 6.07 Å². The molecule has 0 saturated heterocycles. The normalized spacial score (nSPS) is 23.4. The fourth-order valence-electron chi connectivity index (χ4n) is 3.13. The van der Waals surface area contributed by atoms with Crippen molar-refractivity contribution in [3.8, 4) is 0 Å². The zero-order chi connectivity index (χ0) is 15.5. The van der Waals surface area contributed by atoms with Crippen molar-refractivity contribution in [2.75, 3.05) is 7.05 Å². The Labute approximate surface area is 133 Å². The summed E-state index contributed by atoms with van der Waals surface area (Å²) >= 11 is 5.88. The van der Waals surface area contributed by atoms with Gasteiger partial charge < -0.3 is 0 Å². The Kier molecular flexibility index (Phi) is 5.69. The standard InChI is InChI=1S/C16H24ClNO2S/c1-3-13-8-10-15(11-9-13)18(2)21(19,20)16-7-5-4-6-14(16)12-17/h4-7,13,15H,3,8-12H2,1-2H3. The Bertz CT molecular complexity index is 565. The predicted octanol–water partition coefficient (Wildman–Crippen LogP) is 4.01. The highest BCUT2D eigenvalue weighted by atomic mass is 35.5. The number of sulfonamides is 1. The van der Waals surface area contributed by atoms with E-state index in [0.29, 0.717) is 10.5 Å². The maximum absolute atomic E-state index is 12.8. The average Bonchev–Trinajstić information content (AvgIpc) is 2.54. The summed E-state index contributed by atoms with van der Waals surface area (Å²) in [5.74, 6) is 0.971. The van der Waals surface area contributed by atoms with Crippen LogP contribution in [0.4, 0.5) is 0 Å². The quantitative estimate of drug-likeness (QED) is 0.765. The Morgan fingerprint density at radius 2 is 1.81 bits per heavy atom. The zero-order valence-electron chi connectivity index (χ0n) is 12.8. The maximum atomic E-state index is 12.8. The van der Waals surface area contributed by atoms with Gasteiger partial charge in [-0.2, -0.15) is 4.31 Å². The third-order valence-electron chi connectivity index (χ3n) is 4.68. The Morgan fingerprint density at radius 1 is 1.19 bits per heavy atom. The predicted molar refractivity (Wildman–Crippen MR) is 87.0 cm³/mol. The number of halogens is 1. The minimum atomic E-state index is -3.46. The molecule has 0 aromatic heterocycles. The summed E-state index contributed by atoms with van der Waals surface area (Å²) in [6.45, 7) is 2.21. The molecule has 1 aliphatic rings. The van der Waals surface area contributed by atoms with Crippen molar-refractivity contribution in [3.63, 3.8) is 0 Å². The highest BCUT2D eigenvalue weighted by Gasteiger charge is 2.32. The van der Waals surface area contributed by atoms with Crippen LogP contribution in [0.5, 0.6) is 0 Å². The molecule has 5 heteroatoms. The molecule has 1 saturated carbocycles. The van der Waals surface area contributed by atoms with Gasteiger partial charge in [-0.1, -0.05) is 31.5 Å². The first-order chi connectivity index (χ1) is 10.0. The van der Waals surface area contributed by atoms with Crippen molar-refractivity contribution < 1.29 is 8.42 Å². The van der Waals surface area contributed by atoms with Gasteiger partial charge in [0.1, 0.15) is 0 Å². The minimum Gasteiger partial charge on any atom is -0.207 e. The van der Waals surface area contributed by atoms with Gasteiger partial charge in [0.15, 0.2) is 0 Å². The molecule has 0 bridgehead atoms. The highest BCUT2D eigenvalue weighted by Crippen LogP contribution is 2.32. The number of nitrogens with zero attached hydrogens (tertiary/aromatic N) is 1. The molecule has 1 fully saturated rings. The van der Waals surface area contributed by atoms with E-state index in [2.05, 4.69) is 6.92 Å². The lowest BCUT2D eigenvalue weighted by atomic mass is 9.85. The number of benzene rings is 1. The minimum absolute atomic E-state index is 0.112. The SMILES string of the molecule is CCC1CCC(N(C)S(=O)(=O)c2ccccc2CCl)CC1. The van der Waals surface area contributed by atoms with Gasteiger partial charge in [0.2, 0.25) is 10.0 Å². The van der Waals surface area contributed by atoms with Crippen LogP contribution >= 0.6 is 11.6 Å². The smallest absolute Gasteiger partial charge is 0.207 e. The van der Waals surface area contributed by atoms with Gasteiger partial charge in [0, 0.05) is 19.0 Å². The van der Waals surface area contributed by atoms with Crippen LogP contribution in [0.1, 0.15) is 44.6 Å². The molecule has 0 aliphatic heterocycles. The van der Waals surface area contributed by atoms with Crippen molar-refractivity contribution in [1.29, 1.82) is 0 Å². The molecule has 3 nitrogen and oxygen atoms in total. The van der Waals surface area contributed by atoms with E-state index in [9.17, 15) is 8.42 Å². The second-order valence-corrected chi connectivity index (χ2v) is 8.08. The van der Waals surface area contributed by atoms with Crippen LogP contribution in [0.25, 0.3) is 0 Å². The lowest BCUT2D eigenvalue weighted by Gasteiger charge is -2.34. The summed E-state index contributed by atoms with van der Waals surface area (Å²) in [5, 5.41) is 0. The van der Waals surface area contributed by atoms with Crippen molar-refractivity contribution in [3.05, 3.63) is 29.8 Å². The van der Waals surface area contributed by atoms with Gasteiger partial charge in [-0.05, 0) is 43.2 Å². The zero-order valence-corrected chi connectivity index (χ0v) is 14.3. The summed E-state index contributed by atoms with van der Waals surface area (Å²) < 4.78 is 27.2. The molecule has 21 heavy (non-hydrogen) atoms. The van der Waals surface area contributed by atoms with Crippen molar-refractivity contribution in [2.45, 2.75) is 55.8 Å². The van der Waals surface area contributed by atoms with Gasteiger partial charge >= 0.3 is 0 Å². The van der Waals surface area contributed by atoms with Crippen molar-refractivity contribution in [1.82, 2.24) is 4.31 Å². The van der Waals surface area contributed by atoms with Crippen LogP contribution in [0.15, 0.2) is 29.2 Å². The first-order valence-electron chi connectivity index (χ1n) is 7.62. The van der Waals surface area contributed by atoms with E-state index in [1.54, 1.807) is 29.6 Å². The molecule has 0 radical (unpaired) electrons. The molecule has 0 spiro atoms. The molecule has 0 N–H and O–H groups in total. The Hall–Kier alpha value is -0.580. The van der Waals surface area contributed by atoms with Crippen LogP contribution < -0.4 is 0 Å². The van der Waals surface area contributed by atoms with E-state index in [4.69, 9.17) is 11.6 Å². The summed E-state index contributed by atoms with van der Waals surface area (Å²) in [6, 6.07) is 7.12. The van der Waals surface area contributed by atoms with E-state index < -0.39 is 10.0 Å². The number of alkyl halides is 1. The van der Waals surface area contributed by atoms with Crippen molar-refractivity contribution in [2.24, 2.45) is 5.92 Å². The summed E-state index contributed by atoms with van der Waals surface area (Å²) in [4.78, 5) is 0.347. The van der Waals surface area contributed by atoms with Crippen molar-refractivity contribution >= 4 is 21.6 Å². The summed E-state index contributed by atoms with van der Waals surface area (Å²) in [6.07, 6.45) is 5.35. The topological polar surface area (TPSA) is 37.4 Å². The van der Waals surface area contributed by atoms with E-state index in [-0.39, 0.29) is 11.9 Å². The third-order valence-corrected chi connectivity index (χ3v) is 6.98. The third kappa shape index (κ3) is 3.61. The Balaban J connectivity index is 2.19. The van der Waals surface area contributed by atoms with Crippen LogP contribution in [0.2, 0.25) is 0 Å². The molecule has 1 aliphatic carbocycles. The fourth-order valence-corrected chi connectivity index (χ4v) is 5.08. The first-order valence-corrected chi connectivity index (χ1v) is 9.60. The second kappa shape index (κ2) is 7.12. The van der Waals surface area contributed by atoms with Gasteiger partial charge in [0.25, 0.3) is 0 Å². The summed E-state index contributed by atoms with van der Waals surface area (Å²) in [7, 11) is -1.75. The lowest BCUT2D eigenvalue weighted by molar-refractivity contribution is 0.233. The number of hydrogen-bond acceptors (Lipinski definition) is 2. The molecule has 1 aromatic carbocycles. The molecular formula is C16H24ClNO2S. The molecule has 0 amide bonds. The molecule has 118 valence electrons. The molecular weight excluding hydrogens is 306 g/mol. The fraction of sp³-hybridized carbons (Fsp3) is 0.625. The van der Waals surface area contributed by atoms with Crippen LogP contribution in [0.3, 0.4) is 0 Å². The van der Waals surface area contributed by atoms with Gasteiger partial charge in [-0.15, -0.1) is 11.6 Å². The van der Waals surface area contributed by atoms with Crippen LogP contribution in [0, 0.1) is 5.92 Å². The van der Waals surface area contributed by atoms with E-state index in [0.717, 1.165) is 31.6 Å². The largest absolute Gasteiger partial charge is 0.243 e. The molecule has 0 heterocycles. The molecule has 2 rings (SSSR count). The van der Waals surface area contributed by atoms with Crippen LogP contribution in [-0.4, -0.2) is 25.8 Å².